The van der Waals surface area contributed by atoms with Gasteiger partial charge in [-0.15, -0.1) is 5.10 Å². The van der Waals surface area contributed by atoms with E-state index in [9.17, 15) is 26.3 Å². The molecule has 4 rings (SSSR count). The summed E-state index contributed by atoms with van der Waals surface area (Å²) in [6, 6.07) is 9.69. The average molecular weight is 457 g/mol. The number of hydrogen-bond acceptors (Lipinski definition) is 6. The Labute approximate surface area is 175 Å². The standard InChI is InChI=1S/C19H13F6N5O2/c20-18(21,22)9-31-14-4-3-12(7-13(14)19(23,24)25)26-8-10-1-2-11-6-16(32-15(11)5-10)17-27-29-30-28-17/h1-7,26H,8-9H2,(H,27,28,29,30). The van der Waals surface area contributed by atoms with Crippen molar-refractivity contribution in [2.24, 2.45) is 0 Å². The Balaban J connectivity index is 1.51. The largest absolute Gasteiger partial charge is 0.483 e. The number of hydrogen-bond donors (Lipinski definition) is 2. The van der Waals surface area contributed by atoms with E-state index in [4.69, 9.17) is 4.42 Å². The SMILES string of the molecule is FC(F)(F)COc1ccc(NCc2ccc3cc(-c4nnn[nH]4)oc3c2)cc1C(F)(F)F. The number of H-pyrrole nitrogens is 1. The van der Waals surface area contributed by atoms with Crippen molar-refractivity contribution in [3.05, 3.63) is 53.6 Å². The summed E-state index contributed by atoms with van der Waals surface area (Å²) in [6.45, 7) is -1.69. The number of nitrogens with one attached hydrogen (secondary N) is 2. The van der Waals surface area contributed by atoms with Crippen molar-refractivity contribution in [2.75, 3.05) is 11.9 Å². The summed E-state index contributed by atoms with van der Waals surface area (Å²) in [5.41, 5.74) is -0.0363. The quantitative estimate of drug-likeness (QED) is 0.388. The van der Waals surface area contributed by atoms with Crippen LogP contribution in [0, 0.1) is 0 Å². The molecule has 2 aromatic carbocycles. The van der Waals surface area contributed by atoms with Crippen molar-refractivity contribution in [2.45, 2.75) is 18.9 Å². The maximum Gasteiger partial charge on any atom is 0.422 e. The van der Waals surface area contributed by atoms with Gasteiger partial charge in [0.05, 0.1) is 5.56 Å². The van der Waals surface area contributed by atoms with E-state index in [2.05, 4.69) is 30.7 Å². The molecule has 0 atom stereocenters. The number of ether oxygens (including phenoxy) is 1. The molecule has 0 aliphatic rings. The molecular formula is C19H13F6N5O2. The zero-order valence-corrected chi connectivity index (χ0v) is 15.9. The molecule has 2 heterocycles. The minimum absolute atomic E-state index is 0.0599. The molecular weight excluding hydrogens is 444 g/mol. The van der Waals surface area contributed by atoms with Gasteiger partial charge in [-0.1, -0.05) is 12.1 Å². The van der Waals surface area contributed by atoms with E-state index in [0.717, 1.165) is 11.5 Å². The van der Waals surface area contributed by atoms with Crippen molar-refractivity contribution in [1.29, 1.82) is 0 Å². The molecule has 0 bridgehead atoms. The number of anilines is 1. The number of benzene rings is 2. The highest BCUT2D eigenvalue weighted by Gasteiger charge is 2.36. The molecule has 0 fully saturated rings. The summed E-state index contributed by atoms with van der Waals surface area (Å²) in [4.78, 5) is 0. The summed E-state index contributed by atoms with van der Waals surface area (Å²) in [7, 11) is 0. The number of aromatic nitrogens is 4. The number of furan rings is 1. The number of nitrogens with zero attached hydrogens (tertiary/aromatic N) is 3. The molecule has 2 aromatic heterocycles. The van der Waals surface area contributed by atoms with Crippen LogP contribution in [0.25, 0.3) is 22.6 Å². The fourth-order valence-electron chi connectivity index (χ4n) is 2.92. The van der Waals surface area contributed by atoms with Gasteiger partial charge in [0.1, 0.15) is 11.3 Å². The van der Waals surface area contributed by atoms with E-state index < -0.39 is 30.3 Å². The van der Waals surface area contributed by atoms with E-state index in [1.165, 1.54) is 6.07 Å². The van der Waals surface area contributed by atoms with Crippen LogP contribution in [0.3, 0.4) is 0 Å². The van der Waals surface area contributed by atoms with Crippen LogP contribution in [-0.4, -0.2) is 33.4 Å². The van der Waals surface area contributed by atoms with Crippen molar-refractivity contribution < 1.29 is 35.5 Å². The second-order valence-electron chi connectivity index (χ2n) is 6.70. The third-order valence-electron chi connectivity index (χ3n) is 4.34. The van der Waals surface area contributed by atoms with Gasteiger partial charge < -0.3 is 14.5 Å². The van der Waals surface area contributed by atoms with Gasteiger partial charge in [-0.3, -0.25) is 0 Å². The number of alkyl halides is 6. The van der Waals surface area contributed by atoms with Crippen LogP contribution in [0.15, 0.2) is 46.9 Å². The third kappa shape index (κ3) is 4.92. The average Bonchev–Trinajstić information content (AvgIpc) is 3.38. The van der Waals surface area contributed by atoms with Crippen molar-refractivity contribution in [1.82, 2.24) is 20.6 Å². The molecule has 0 aliphatic carbocycles. The second-order valence-corrected chi connectivity index (χ2v) is 6.70. The van der Waals surface area contributed by atoms with Gasteiger partial charge in [-0.05, 0) is 46.3 Å². The highest BCUT2D eigenvalue weighted by Crippen LogP contribution is 2.38. The summed E-state index contributed by atoms with van der Waals surface area (Å²) < 4.78 is 86.8. The van der Waals surface area contributed by atoms with E-state index in [0.29, 0.717) is 28.8 Å². The molecule has 0 spiro atoms. The van der Waals surface area contributed by atoms with Crippen LogP contribution in [0.5, 0.6) is 5.75 Å². The molecule has 0 aliphatic heterocycles. The van der Waals surface area contributed by atoms with Gasteiger partial charge >= 0.3 is 12.4 Å². The Morgan fingerprint density at radius 3 is 2.50 bits per heavy atom. The molecule has 0 saturated heterocycles. The molecule has 0 amide bonds. The maximum absolute atomic E-state index is 13.3. The molecule has 32 heavy (non-hydrogen) atoms. The first-order valence-electron chi connectivity index (χ1n) is 9.00. The lowest BCUT2D eigenvalue weighted by Gasteiger charge is -2.17. The summed E-state index contributed by atoms with van der Waals surface area (Å²) in [5, 5.41) is 16.8. The van der Waals surface area contributed by atoms with Gasteiger partial charge in [-0.25, -0.2) is 5.10 Å². The van der Waals surface area contributed by atoms with Gasteiger partial charge in [-0.2, -0.15) is 26.3 Å². The third-order valence-corrected chi connectivity index (χ3v) is 4.34. The first-order valence-corrected chi connectivity index (χ1v) is 9.00. The van der Waals surface area contributed by atoms with E-state index in [1.807, 2.05) is 0 Å². The Morgan fingerprint density at radius 2 is 1.81 bits per heavy atom. The van der Waals surface area contributed by atoms with Crippen molar-refractivity contribution >= 4 is 16.7 Å². The molecule has 0 unspecified atom stereocenters. The van der Waals surface area contributed by atoms with Crippen LogP contribution >= 0.6 is 0 Å². The number of rotatable bonds is 6. The first-order chi connectivity index (χ1) is 15.1. The van der Waals surface area contributed by atoms with Crippen LogP contribution < -0.4 is 10.1 Å². The minimum Gasteiger partial charge on any atom is -0.483 e. The first kappa shape index (κ1) is 21.5. The summed E-state index contributed by atoms with van der Waals surface area (Å²) in [5.74, 6) is -0.139. The fourth-order valence-corrected chi connectivity index (χ4v) is 2.92. The lowest BCUT2D eigenvalue weighted by Crippen LogP contribution is -2.21. The molecule has 168 valence electrons. The van der Waals surface area contributed by atoms with Gasteiger partial charge in [0.15, 0.2) is 12.4 Å². The molecule has 4 aromatic rings. The molecule has 0 radical (unpaired) electrons. The molecule has 13 heteroatoms. The number of halogens is 6. The van der Waals surface area contributed by atoms with Crippen molar-refractivity contribution in [3.8, 4) is 17.3 Å². The predicted molar refractivity (Wildman–Crippen MR) is 99.7 cm³/mol. The van der Waals surface area contributed by atoms with Crippen LogP contribution in [0.2, 0.25) is 0 Å². The molecule has 7 nitrogen and oxygen atoms in total. The second kappa shape index (κ2) is 8.05. The number of fused-ring (bicyclic) bond motifs is 1. The van der Waals surface area contributed by atoms with E-state index in [1.54, 1.807) is 24.3 Å². The Morgan fingerprint density at radius 1 is 1.00 bits per heavy atom. The monoisotopic (exact) mass is 457 g/mol. The van der Waals surface area contributed by atoms with Crippen LogP contribution in [0.1, 0.15) is 11.1 Å². The smallest absolute Gasteiger partial charge is 0.422 e. The summed E-state index contributed by atoms with van der Waals surface area (Å²) >= 11 is 0. The lowest BCUT2D eigenvalue weighted by atomic mass is 10.1. The van der Waals surface area contributed by atoms with Crippen LogP contribution in [-0.2, 0) is 12.7 Å². The predicted octanol–water partition coefficient (Wildman–Crippen LogP) is 5.18. The topological polar surface area (TPSA) is 88.9 Å². The number of aromatic amines is 1. The van der Waals surface area contributed by atoms with E-state index in [-0.39, 0.29) is 12.2 Å². The zero-order valence-electron chi connectivity index (χ0n) is 15.9. The molecule has 0 saturated carbocycles. The number of tetrazole rings is 1. The van der Waals surface area contributed by atoms with Crippen LogP contribution in [0.4, 0.5) is 32.0 Å². The highest BCUT2D eigenvalue weighted by molar-refractivity contribution is 5.82. The zero-order chi connectivity index (χ0) is 22.9. The summed E-state index contributed by atoms with van der Waals surface area (Å²) in [6.07, 6.45) is -9.65. The molecule has 2 N–H and O–H groups in total. The Bertz CT molecular complexity index is 1220. The highest BCUT2D eigenvalue weighted by atomic mass is 19.4. The Hall–Kier alpha value is -3.77. The van der Waals surface area contributed by atoms with Gasteiger partial charge in [0.25, 0.3) is 0 Å². The minimum atomic E-state index is -4.89. The fraction of sp³-hybridized carbons (Fsp3) is 0.211. The van der Waals surface area contributed by atoms with Gasteiger partial charge in [0, 0.05) is 17.6 Å². The van der Waals surface area contributed by atoms with E-state index >= 15 is 0 Å². The van der Waals surface area contributed by atoms with Crippen molar-refractivity contribution in [3.63, 3.8) is 0 Å². The lowest BCUT2D eigenvalue weighted by molar-refractivity contribution is -0.158. The van der Waals surface area contributed by atoms with Gasteiger partial charge in [0.2, 0.25) is 5.82 Å². The Kier molecular flexibility index (Phi) is 5.40. The maximum atomic E-state index is 13.3. The normalized spacial score (nSPS) is 12.3.